The fraction of sp³-hybridized carbons (Fsp3) is 0.407. The van der Waals surface area contributed by atoms with Crippen LogP contribution >= 0.6 is 11.6 Å². The van der Waals surface area contributed by atoms with Gasteiger partial charge in [-0.3, -0.25) is 4.90 Å². The Morgan fingerprint density at radius 2 is 1.89 bits per heavy atom. The number of aryl methyl sites for hydroxylation is 1. The Balaban J connectivity index is 1.63. The van der Waals surface area contributed by atoms with E-state index in [1.54, 1.807) is 15.9 Å². The summed E-state index contributed by atoms with van der Waals surface area (Å²) >= 11 is 7.63. The van der Waals surface area contributed by atoms with Crippen molar-refractivity contribution in [3.05, 3.63) is 71.1 Å². The van der Waals surface area contributed by atoms with Crippen molar-refractivity contribution in [2.45, 2.75) is 24.6 Å². The van der Waals surface area contributed by atoms with Crippen molar-refractivity contribution in [3.8, 4) is 5.75 Å². The molecule has 3 aliphatic rings. The number of pyridine rings is 1. The molecule has 2 fully saturated rings. The van der Waals surface area contributed by atoms with Crippen molar-refractivity contribution in [1.29, 1.82) is 0 Å². The van der Waals surface area contributed by atoms with E-state index in [-0.39, 0.29) is 11.8 Å². The van der Waals surface area contributed by atoms with E-state index in [4.69, 9.17) is 16.6 Å². The zero-order valence-corrected chi connectivity index (χ0v) is 21.1. The van der Waals surface area contributed by atoms with Gasteiger partial charge in [0, 0.05) is 69.7 Å². The molecule has 35 heavy (non-hydrogen) atoms. The number of aromatic hydroxyl groups is 1. The van der Waals surface area contributed by atoms with Crippen molar-refractivity contribution < 1.29 is 9.90 Å². The van der Waals surface area contributed by atoms with Gasteiger partial charge in [-0.15, -0.1) is 11.6 Å². The highest BCUT2D eigenvalue weighted by Crippen LogP contribution is 2.50. The largest absolute Gasteiger partial charge is 0.507 e. The van der Waals surface area contributed by atoms with Crippen LogP contribution in [0, 0.1) is 0 Å². The SMILES string of the molecule is CCc1cc(C2(Cl)CC(c3ccccc3O)=CC=C2N2CCN(C)C2=O)cc(N2CCNCC2)n1. The average Bonchev–Trinajstić information content (AvgIpc) is 3.22. The Morgan fingerprint density at radius 3 is 2.57 bits per heavy atom. The van der Waals surface area contributed by atoms with Gasteiger partial charge in [-0.25, -0.2) is 9.78 Å². The lowest BCUT2D eigenvalue weighted by atomic mass is 9.81. The van der Waals surface area contributed by atoms with Crippen LogP contribution in [0.4, 0.5) is 10.6 Å². The van der Waals surface area contributed by atoms with E-state index in [0.717, 1.165) is 66.5 Å². The maximum atomic E-state index is 13.0. The van der Waals surface area contributed by atoms with E-state index >= 15 is 0 Å². The summed E-state index contributed by atoms with van der Waals surface area (Å²) in [4.78, 5) is 22.8. The van der Waals surface area contributed by atoms with E-state index < -0.39 is 4.87 Å². The van der Waals surface area contributed by atoms with E-state index in [1.165, 1.54) is 0 Å². The number of benzene rings is 1. The molecule has 2 saturated heterocycles. The van der Waals surface area contributed by atoms with E-state index in [9.17, 15) is 9.90 Å². The van der Waals surface area contributed by atoms with Crippen LogP contribution in [0.2, 0.25) is 0 Å². The highest BCUT2D eigenvalue weighted by molar-refractivity contribution is 6.27. The van der Waals surface area contributed by atoms with Gasteiger partial charge in [0.25, 0.3) is 0 Å². The zero-order valence-electron chi connectivity index (χ0n) is 20.3. The number of urea groups is 1. The predicted octanol–water partition coefficient (Wildman–Crippen LogP) is 3.93. The molecule has 1 aromatic carbocycles. The predicted molar refractivity (Wildman–Crippen MR) is 140 cm³/mol. The molecule has 0 bridgehead atoms. The number of amides is 2. The fourth-order valence-electron chi connectivity index (χ4n) is 5.12. The highest BCUT2D eigenvalue weighted by Gasteiger charge is 2.44. The van der Waals surface area contributed by atoms with Gasteiger partial charge in [0.2, 0.25) is 0 Å². The van der Waals surface area contributed by atoms with Gasteiger partial charge >= 0.3 is 6.03 Å². The van der Waals surface area contributed by atoms with Crippen LogP contribution in [0.1, 0.15) is 30.2 Å². The number of phenols is 1. The maximum Gasteiger partial charge on any atom is 0.324 e. The number of anilines is 1. The molecule has 5 rings (SSSR count). The molecule has 1 atom stereocenters. The summed E-state index contributed by atoms with van der Waals surface area (Å²) < 4.78 is 0. The second-order valence-corrected chi connectivity index (χ2v) is 10.0. The Labute approximate surface area is 211 Å². The van der Waals surface area contributed by atoms with Crippen molar-refractivity contribution in [2.75, 3.05) is 51.2 Å². The molecule has 1 aliphatic carbocycles. The number of alkyl halides is 1. The number of nitrogens with one attached hydrogen (secondary N) is 1. The molecule has 0 spiro atoms. The zero-order chi connectivity index (χ0) is 24.6. The molecule has 2 amide bonds. The van der Waals surface area contributed by atoms with Crippen molar-refractivity contribution in [1.82, 2.24) is 20.1 Å². The molecule has 2 N–H and O–H groups in total. The summed E-state index contributed by atoms with van der Waals surface area (Å²) in [6.07, 6.45) is 5.16. The molecule has 2 aromatic rings. The molecular weight excluding hydrogens is 462 g/mol. The minimum atomic E-state index is -0.983. The van der Waals surface area contributed by atoms with Crippen molar-refractivity contribution in [3.63, 3.8) is 0 Å². The molecular formula is C27H32ClN5O2. The normalized spacial score (nSPS) is 22.9. The first-order valence-corrected chi connectivity index (χ1v) is 12.7. The van der Waals surface area contributed by atoms with Gasteiger partial charge in [-0.2, -0.15) is 0 Å². The van der Waals surface area contributed by atoms with Crippen LogP contribution in [-0.2, 0) is 11.3 Å². The van der Waals surface area contributed by atoms with Crippen LogP contribution in [0.25, 0.3) is 5.57 Å². The standard InChI is InChI=1S/C27H32ClN5O2/c1-3-21-16-20(17-25(30-21)32-12-10-29-11-13-32)27(28)18-19(22-6-4-5-7-23(22)34)8-9-24(27)33-15-14-31(2)26(33)35/h4-9,16-17,29,34H,3,10-15,18H2,1-2H3. The number of phenolic OH excluding ortho intramolecular Hbond substituents is 1. The molecule has 184 valence electrons. The Bertz CT molecular complexity index is 1190. The Kier molecular flexibility index (Phi) is 6.47. The molecule has 2 aliphatic heterocycles. The summed E-state index contributed by atoms with van der Waals surface area (Å²) in [5.74, 6) is 1.14. The van der Waals surface area contributed by atoms with Gasteiger partial charge < -0.3 is 20.2 Å². The first kappa shape index (κ1) is 23.7. The van der Waals surface area contributed by atoms with E-state index in [0.29, 0.717) is 19.5 Å². The van der Waals surface area contributed by atoms with Crippen LogP contribution in [0.5, 0.6) is 5.75 Å². The average molecular weight is 494 g/mol. The van der Waals surface area contributed by atoms with Crippen molar-refractivity contribution >= 4 is 29.0 Å². The van der Waals surface area contributed by atoms with E-state index in [1.807, 2.05) is 37.4 Å². The molecule has 0 saturated carbocycles. The molecule has 8 heteroatoms. The number of carbonyl (C=O) groups excluding carboxylic acids is 1. The summed E-state index contributed by atoms with van der Waals surface area (Å²) in [5.41, 5.74) is 4.35. The minimum Gasteiger partial charge on any atom is -0.507 e. The maximum absolute atomic E-state index is 13.0. The molecule has 1 aromatic heterocycles. The number of likely N-dealkylation sites (N-methyl/N-ethyl adjacent to an activating group) is 1. The number of allylic oxidation sites excluding steroid dienone is 4. The third-order valence-electron chi connectivity index (χ3n) is 7.17. The smallest absolute Gasteiger partial charge is 0.324 e. The Hall–Kier alpha value is -3.03. The van der Waals surface area contributed by atoms with Crippen LogP contribution < -0.4 is 10.2 Å². The lowest BCUT2D eigenvalue weighted by Gasteiger charge is -2.39. The first-order chi connectivity index (χ1) is 16.9. The van der Waals surface area contributed by atoms with Gasteiger partial charge in [-0.05, 0) is 41.8 Å². The van der Waals surface area contributed by atoms with Crippen LogP contribution in [0.15, 0.2) is 54.2 Å². The first-order valence-electron chi connectivity index (χ1n) is 12.3. The fourth-order valence-corrected chi connectivity index (χ4v) is 5.53. The molecule has 1 unspecified atom stereocenters. The highest BCUT2D eigenvalue weighted by atomic mass is 35.5. The van der Waals surface area contributed by atoms with Gasteiger partial charge in [0.15, 0.2) is 0 Å². The lowest BCUT2D eigenvalue weighted by molar-refractivity contribution is 0.204. The number of rotatable bonds is 5. The number of halogens is 1. The summed E-state index contributed by atoms with van der Waals surface area (Å²) in [6, 6.07) is 11.4. The second kappa shape index (κ2) is 9.55. The summed E-state index contributed by atoms with van der Waals surface area (Å²) in [5, 5.41) is 14.0. The lowest BCUT2D eigenvalue weighted by Crippen LogP contribution is -2.44. The number of aromatic nitrogens is 1. The Morgan fingerprint density at radius 1 is 1.11 bits per heavy atom. The van der Waals surface area contributed by atoms with Gasteiger partial charge in [0.05, 0.1) is 0 Å². The number of carbonyl (C=O) groups is 1. The number of hydrogen-bond acceptors (Lipinski definition) is 5. The van der Waals surface area contributed by atoms with Crippen LogP contribution in [-0.4, -0.2) is 72.2 Å². The molecule has 7 nitrogen and oxygen atoms in total. The monoisotopic (exact) mass is 493 g/mol. The third kappa shape index (κ3) is 4.39. The van der Waals surface area contributed by atoms with Crippen molar-refractivity contribution in [2.24, 2.45) is 0 Å². The number of piperazine rings is 1. The summed E-state index contributed by atoms with van der Waals surface area (Å²) in [6.45, 7) is 6.94. The van der Waals surface area contributed by atoms with Crippen LogP contribution in [0.3, 0.4) is 0 Å². The molecule has 0 radical (unpaired) electrons. The van der Waals surface area contributed by atoms with Gasteiger partial charge in [0.1, 0.15) is 16.4 Å². The number of nitrogens with zero attached hydrogens (tertiary/aromatic N) is 4. The third-order valence-corrected chi connectivity index (χ3v) is 7.71. The number of para-hydroxylation sites is 1. The topological polar surface area (TPSA) is 71.9 Å². The minimum absolute atomic E-state index is 0.0483. The van der Waals surface area contributed by atoms with E-state index in [2.05, 4.69) is 29.3 Å². The quantitative estimate of drug-likeness (QED) is 0.617. The molecule has 3 heterocycles. The summed E-state index contributed by atoms with van der Waals surface area (Å²) in [7, 11) is 1.81. The number of hydrogen-bond donors (Lipinski definition) is 2. The second-order valence-electron chi connectivity index (χ2n) is 9.39. The van der Waals surface area contributed by atoms with Gasteiger partial charge in [-0.1, -0.05) is 31.2 Å².